The maximum Gasteiger partial charge on any atom is 0.236 e. The highest BCUT2D eigenvalue weighted by molar-refractivity contribution is 7.16. The zero-order valence-corrected chi connectivity index (χ0v) is 28.1. The van der Waals surface area contributed by atoms with Crippen LogP contribution in [0.3, 0.4) is 0 Å². The van der Waals surface area contributed by atoms with Gasteiger partial charge in [0.25, 0.3) is 0 Å². The molecule has 1 amide bonds. The summed E-state index contributed by atoms with van der Waals surface area (Å²) in [6.07, 6.45) is 7.07. The number of aryl methyl sites for hydroxylation is 2. The van der Waals surface area contributed by atoms with Crippen molar-refractivity contribution in [2.24, 2.45) is 5.41 Å². The van der Waals surface area contributed by atoms with Crippen molar-refractivity contribution >= 4 is 39.5 Å². The van der Waals surface area contributed by atoms with Gasteiger partial charge in [0.05, 0.1) is 24.0 Å². The number of aliphatic hydroxyl groups excluding tert-OH is 1. The van der Waals surface area contributed by atoms with E-state index in [1.54, 1.807) is 17.0 Å². The monoisotopic (exact) mass is 656 g/mol. The van der Waals surface area contributed by atoms with Crippen LogP contribution in [-0.4, -0.2) is 94.1 Å². The molecule has 3 aliphatic heterocycles. The summed E-state index contributed by atoms with van der Waals surface area (Å²) in [7, 11) is 1.97. The number of amides is 1. The number of aromatic nitrogens is 3. The maximum atomic E-state index is 13.6. The summed E-state index contributed by atoms with van der Waals surface area (Å²) < 4.78 is 15.8. The van der Waals surface area contributed by atoms with Gasteiger partial charge in [-0.2, -0.15) is 5.26 Å². The molecule has 1 spiro atoms. The highest BCUT2D eigenvalue weighted by Crippen LogP contribution is 2.43. The topological polar surface area (TPSA) is 104 Å². The van der Waals surface area contributed by atoms with Gasteiger partial charge in [0.2, 0.25) is 5.91 Å². The highest BCUT2D eigenvalue weighted by Gasteiger charge is 2.39. The van der Waals surface area contributed by atoms with Crippen molar-refractivity contribution in [2.75, 3.05) is 62.7 Å². The second-order valence-corrected chi connectivity index (χ2v) is 14.4. The van der Waals surface area contributed by atoms with E-state index in [4.69, 9.17) is 9.97 Å². The lowest BCUT2D eigenvalue weighted by atomic mass is 9.71. The van der Waals surface area contributed by atoms with Gasteiger partial charge in [0.15, 0.2) is 5.13 Å². The van der Waals surface area contributed by atoms with Crippen LogP contribution in [0.15, 0.2) is 36.5 Å². The molecule has 7 rings (SSSR count). The average molecular weight is 657 g/mol. The highest BCUT2D eigenvalue weighted by atomic mass is 32.1. The molecule has 3 fully saturated rings. The lowest BCUT2D eigenvalue weighted by Crippen LogP contribution is -2.56. The number of likely N-dealkylation sites (tertiary alicyclic amines) is 2. The number of imidazole rings is 1. The number of fused-ring (bicyclic) bond motifs is 1. The molecule has 0 radical (unpaired) electrons. The normalized spacial score (nSPS) is 18.5. The number of anilines is 3. The van der Waals surface area contributed by atoms with E-state index in [2.05, 4.69) is 46.4 Å². The van der Waals surface area contributed by atoms with Crippen LogP contribution in [0.25, 0.3) is 16.9 Å². The van der Waals surface area contributed by atoms with E-state index < -0.39 is 0 Å². The Morgan fingerprint density at radius 3 is 2.45 bits per heavy atom. The molecule has 0 bridgehead atoms. The van der Waals surface area contributed by atoms with Gasteiger partial charge < -0.3 is 19.8 Å². The number of rotatable bonds is 7. The van der Waals surface area contributed by atoms with Crippen LogP contribution in [0.4, 0.5) is 21.0 Å². The Bertz CT molecular complexity index is 1820. The lowest BCUT2D eigenvalue weighted by molar-refractivity contribution is -0.143. The Morgan fingerprint density at radius 2 is 1.81 bits per heavy atom. The molecule has 0 unspecified atom stereocenters. The molecule has 47 heavy (non-hydrogen) atoms. The van der Waals surface area contributed by atoms with Crippen molar-refractivity contribution in [1.29, 1.82) is 5.26 Å². The van der Waals surface area contributed by atoms with Gasteiger partial charge in [-0.1, -0.05) is 18.3 Å². The molecular formula is C35H41FN8O2S. The van der Waals surface area contributed by atoms with E-state index in [0.29, 0.717) is 46.3 Å². The summed E-state index contributed by atoms with van der Waals surface area (Å²) >= 11 is 1.32. The number of aliphatic hydroxyl groups is 1. The zero-order chi connectivity index (χ0) is 32.9. The Hall–Kier alpha value is -4.05. The fourth-order valence-corrected chi connectivity index (χ4v) is 8.24. The van der Waals surface area contributed by atoms with Crippen molar-refractivity contribution in [3.05, 3.63) is 58.5 Å². The van der Waals surface area contributed by atoms with Gasteiger partial charge in [0.1, 0.15) is 33.9 Å². The van der Waals surface area contributed by atoms with Crippen molar-refractivity contribution in [2.45, 2.75) is 52.1 Å². The minimum atomic E-state index is -0.355. The number of halogens is 1. The Kier molecular flexibility index (Phi) is 8.40. The summed E-state index contributed by atoms with van der Waals surface area (Å²) in [6.45, 7) is 9.48. The summed E-state index contributed by atoms with van der Waals surface area (Å²) in [5.74, 6) is 0.739. The van der Waals surface area contributed by atoms with Gasteiger partial charge in [-0.15, -0.1) is 0 Å². The average Bonchev–Trinajstić information content (AvgIpc) is 3.67. The predicted molar refractivity (Wildman–Crippen MR) is 182 cm³/mol. The summed E-state index contributed by atoms with van der Waals surface area (Å²) in [5, 5.41) is 20.1. The predicted octanol–water partition coefficient (Wildman–Crippen LogP) is 4.99. The third-order valence-corrected chi connectivity index (χ3v) is 11.4. The number of nitriles is 1. The molecule has 246 valence electrons. The van der Waals surface area contributed by atoms with Crippen LogP contribution < -0.4 is 9.80 Å². The molecule has 3 saturated heterocycles. The number of thiazole rings is 1. The number of hydrogen-bond donors (Lipinski definition) is 1. The molecule has 1 N–H and O–H groups in total. The van der Waals surface area contributed by atoms with Gasteiger partial charge in [0, 0.05) is 45.0 Å². The van der Waals surface area contributed by atoms with E-state index in [-0.39, 0.29) is 17.8 Å². The van der Waals surface area contributed by atoms with E-state index >= 15 is 0 Å². The number of piperidine rings is 2. The number of β-amino-alcohol motifs (C(OH)–C–C–N with tert-alkyl or cyclic N) is 1. The molecule has 0 atom stereocenters. The Morgan fingerprint density at radius 1 is 1.13 bits per heavy atom. The number of hydrogen-bond acceptors (Lipinski definition) is 9. The SMILES string of the molecule is CCc1nc2c(C)cc(N3CCC4(CCN(CC(=O)N5CC(O)C5)CC4)CC3)cn2c1N(C)c1nc(-c2ccc(F)cc2)c(C#N)s1. The molecule has 0 saturated carbocycles. The number of nitrogens with zero attached hydrogens (tertiary/aromatic N) is 8. The maximum absolute atomic E-state index is 13.6. The minimum absolute atomic E-state index is 0.135. The largest absolute Gasteiger partial charge is 0.389 e. The van der Waals surface area contributed by atoms with Crippen LogP contribution in [0, 0.1) is 29.5 Å². The zero-order valence-electron chi connectivity index (χ0n) is 27.2. The lowest BCUT2D eigenvalue weighted by Gasteiger charge is -2.47. The number of pyridine rings is 1. The molecule has 10 nitrogen and oxygen atoms in total. The summed E-state index contributed by atoms with van der Waals surface area (Å²) in [6, 6.07) is 10.6. The Balaban J connectivity index is 1.08. The molecular weight excluding hydrogens is 616 g/mol. The van der Waals surface area contributed by atoms with Crippen molar-refractivity contribution in [3.63, 3.8) is 0 Å². The third-order valence-electron chi connectivity index (χ3n) is 10.4. The fourth-order valence-electron chi connectivity index (χ4n) is 7.39. The Labute approximate surface area is 278 Å². The van der Waals surface area contributed by atoms with E-state index in [0.717, 1.165) is 81.0 Å². The van der Waals surface area contributed by atoms with Crippen LogP contribution in [-0.2, 0) is 11.2 Å². The van der Waals surface area contributed by atoms with Gasteiger partial charge in [-0.25, -0.2) is 14.4 Å². The van der Waals surface area contributed by atoms with Gasteiger partial charge >= 0.3 is 0 Å². The number of carbonyl (C=O) groups excluding carboxylic acids is 1. The summed E-state index contributed by atoms with van der Waals surface area (Å²) in [5.41, 5.74) is 5.73. The van der Waals surface area contributed by atoms with Crippen molar-refractivity contribution < 1.29 is 14.3 Å². The standard InChI is InChI=1S/C35H41FN8O2S/c1-4-28-33(40(3)34-39-31(29(18-37)47-34)24-5-7-25(36)8-6-24)44-19-26(17-23(2)32(44)38-28)42-15-11-35(12-16-42)9-13-41(14-10-35)22-30(46)43-20-27(45)21-43/h5-8,17,19,27,45H,4,9-16,20-22H2,1-3H3. The fraction of sp³-hybridized carbons (Fsp3) is 0.486. The molecule has 3 aliphatic rings. The van der Waals surface area contributed by atoms with E-state index in [1.807, 2.05) is 11.9 Å². The van der Waals surface area contributed by atoms with Crippen molar-refractivity contribution in [3.8, 4) is 17.3 Å². The van der Waals surface area contributed by atoms with Crippen LogP contribution in [0.5, 0.6) is 0 Å². The first-order chi connectivity index (χ1) is 22.7. The summed E-state index contributed by atoms with van der Waals surface area (Å²) in [4.78, 5) is 31.4. The van der Waals surface area contributed by atoms with Gasteiger partial charge in [-0.3, -0.25) is 14.1 Å². The number of benzene rings is 1. The van der Waals surface area contributed by atoms with Crippen LogP contribution >= 0.6 is 11.3 Å². The first kappa shape index (κ1) is 31.5. The first-order valence-electron chi connectivity index (χ1n) is 16.5. The van der Waals surface area contributed by atoms with E-state index in [1.165, 1.54) is 29.2 Å². The van der Waals surface area contributed by atoms with Crippen LogP contribution in [0.1, 0.15) is 48.7 Å². The second-order valence-electron chi connectivity index (χ2n) is 13.4. The third kappa shape index (κ3) is 5.96. The smallest absolute Gasteiger partial charge is 0.236 e. The van der Waals surface area contributed by atoms with E-state index in [9.17, 15) is 19.6 Å². The second kappa shape index (κ2) is 12.5. The molecule has 6 heterocycles. The van der Waals surface area contributed by atoms with Crippen LogP contribution in [0.2, 0.25) is 0 Å². The first-order valence-corrected chi connectivity index (χ1v) is 17.3. The molecule has 12 heteroatoms. The number of carbonyl (C=O) groups is 1. The quantitative estimate of drug-likeness (QED) is 0.297. The molecule has 0 aliphatic carbocycles. The molecule has 1 aromatic carbocycles. The molecule has 4 aromatic rings. The molecule has 3 aromatic heterocycles. The minimum Gasteiger partial charge on any atom is -0.389 e. The van der Waals surface area contributed by atoms with Gasteiger partial charge in [-0.05, 0) is 93.4 Å². The van der Waals surface area contributed by atoms with Crippen molar-refractivity contribution in [1.82, 2.24) is 24.2 Å².